The van der Waals surface area contributed by atoms with Crippen LogP contribution in [0.15, 0.2) is 0 Å². The summed E-state index contributed by atoms with van der Waals surface area (Å²) in [5, 5.41) is 9.97. The zero-order valence-electron chi connectivity index (χ0n) is 11.2. The van der Waals surface area contributed by atoms with Gasteiger partial charge in [-0.1, -0.05) is 39.0 Å². The third kappa shape index (κ3) is 3.96. The second kappa shape index (κ2) is 6.75. The first-order valence-electron chi connectivity index (χ1n) is 7.59. The van der Waals surface area contributed by atoms with Gasteiger partial charge in [0, 0.05) is 6.61 Å². The topological polar surface area (TPSA) is 29.5 Å². The molecule has 100 valence electrons. The van der Waals surface area contributed by atoms with Crippen LogP contribution in [0.1, 0.15) is 64.7 Å². The van der Waals surface area contributed by atoms with E-state index in [1.165, 1.54) is 44.9 Å². The first-order valence-corrected chi connectivity index (χ1v) is 7.59. The van der Waals surface area contributed by atoms with Crippen molar-refractivity contribution in [1.29, 1.82) is 0 Å². The molecule has 0 spiro atoms. The van der Waals surface area contributed by atoms with Crippen LogP contribution in [0.3, 0.4) is 0 Å². The highest BCUT2D eigenvalue weighted by Gasteiger charge is 2.29. The number of ether oxygens (including phenoxy) is 1. The molecule has 0 saturated heterocycles. The quantitative estimate of drug-likeness (QED) is 0.769. The molecule has 2 heteroatoms. The molecule has 0 aromatic heterocycles. The van der Waals surface area contributed by atoms with Crippen LogP contribution in [0.4, 0.5) is 0 Å². The van der Waals surface area contributed by atoms with Crippen molar-refractivity contribution in [3.8, 4) is 0 Å². The van der Waals surface area contributed by atoms with Gasteiger partial charge in [-0.3, -0.25) is 0 Å². The highest BCUT2D eigenvalue weighted by atomic mass is 16.5. The first-order chi connectivity index (χ1) is 8.29. The summed E-state index contributed by atoms with van der Waals surface area (Å²) in [6.07, 6.45) is 11.1. The molecular formula is C15H28O2. The van der Waals surface area contributed by atoms with Crippen molar-refractivity contribution < 1.29 is 9.84 Å². The Bertz CT molecular complexity index is 213. The molecule has 2 saturated carbocycles. The van der Waals surface area contributed by atoms with Crippen molar-refractivity contribution in [2.24, 2.45) is 11.8 Å². The average molecular weight is 240 g/mol. The lowest BCUT2D eigenvalue weighted by molar-refractivity contribution is -0.0764. The Morgan fingerprint density at radius 2 is 1.88 bits per heavy atom. The second-order valence-electron chi connectivity index (χ2n) is 6.03. The predicted molar refractivity (Wildman–Crippen MR) is 70.0 cm³/mol. The molecule has 3 unspecified atom stereocenters. The number of rotatable bonds is 6. The van der Waals surface area contributed by atoms with Crippen LogP contribution in [0.25, 0.3) is 0 Å². The summed E-state index contributed by atoms with van der Waals surface area (Å²) in [4.78, 5) is 0. The van der Waals surface area contributed by atoms with Gasteiger partial charge >= 0.3 is 0 Å². The number of hydrogen-bond acceptors (Lipinski definition) is 2. The molecule has 0 radical (unpaired) electrons. The van der Waals surface area contributed by atoms with Crippen LogP contribution in [0, 0.1) is 11.8 Å². The van der Waals surface area contributed by atoms with Gasteiger partial charge in [0.2, 0.25) is 0 Å². The van der Waals surface area contributed by atoms with Crippen molar-refractivity contribution >= 4 is 0 Å². The lowest BCUT2D eigenvalue weighted by Crippen LogP contribution is -2.36. The fraction of sp³-hybridized carbons (Fsp3) is 1.00. The van der Waals surface area contributed by atoms with Gasteiger partial charge < -0.3 is 9.84 Å². The Morgan fingerprint density at radius 1 is 1.06 bits per heavy atom. The summed E-state index contributed by atoms with van der Waals surface area (Å²) >= 11 is 0. The van der Waals surface area contributed by atoms with Crippen LogP contribution >= 0.6 is 0 Å². The standard InChI is InChI=1S/C15H28O2/c1-2-4-13-7-8-14(16)15(11-13)17-10-9-12-5-3-6-12/h12-16H,2-11H2,1H3. The van der Waals surface area contributed by atoms with E-state index in [4.69, 9.17) is 4.74 Å². The van der Waals surface area contributed by atoms with E-state index >= 15 is 0 Å². The van der Waals surface area contributed by atoms with Crippen LogP contribution < -0.4 is 0 Å². The van der Waals surface area contributed by atoms with E-state index in [9.17, 15) is 5.11 Å². The second-order valence-corrected chi connectivity index (χ2v) is 6.03. The lowest BCUT2D eigenvalue weighted by atomic mass is 9.82. The van der Waals surface area contributed by atoms with Gasteiger partial charge in [-0.15, -0.1) is 0 Å². The Hall–Kier alpha value is -0.0800. The highest BCUT2D eigenvalue weighted by Crippen LogP contribution is 2.32. The normalized spacial score (nSPS) is 34.6. The van der Waals surface area contributed by atoms with Crippen molar-refractivity contribution in [3.05, 3.63) is 0 Å². The third-order valence-corrected chi connectivity index (χ3v) is 4.65. The molecule has 0 bridgehead atoms. The molecule has 1 N–H and O–H groups in total. The molecule has 2 fully saturated rings. The predicted octanol–water partition coefficient (Wildman–Crippen LogP) is 3.52. The van der Waals surface area contributed by atoms with E-state index in [1.807, 2.05) is 0 Å². The fourth-order valence-corrected chi connectivity index (χ4v) is 3.21. The lowest BCUT2D eigenvalue weighted by Gasteiger charge is -2.34. The molecular weight excluding hydrogens is 212 g/mol. The molecule has 0 aromatic rings. The maximum atomic E-state index is 9.97. The third-order valence-electron chi connectivity index (χ3n) is 4.65. The summed E-state index contributed by atoms with van der Waals surface area (Å²) in [5.41, 5.74) is 0. The maximum absolute atomic E-state index is 9.97. The van der Waals surface area contributed by atoms with Gasteiger partial charge in [0.1, 0.15) is 0 Å². The number of aliphatic hydroxyl groups is 1. The van der Waals surface area contributed by atoms with Crippen molar-refractivity contribution in [1.82, 2.24) is 0 Å². The zero-order valence-corrected chi connectivity index (χ0v) is 11.2. The molecule has 2 nitrogen and oxygen atoms in total. The molecule has 2 rings (SSSR count). The summed E-state index contributed by atoms with van der Waals surface area (Å²) in [6, 6.07) is 0. The Kier molecular flexibility index (Phi) is 5.30. The van der Waals surface area contributed by atoms with Crippen molar-refractivity contribution in [2.45, 2.75) is 76.9 Å². The van der Waals surface area contributed by atoms with Crippen molar-refractivity contribution in [2.75, 3.05) is 6.61 Å². The average Bonchev–Trinajstić information content (AvgIpc) is 2.26. The van der Waals surface area contributed by atoms with Gasteiger partial charge in [-0.05, 0) is 37.5 Å². The van der Waals surface area contributed by atoms with E-state index in [2.05, 4.69) is 6.92 Å². The minimum atomic E-state index is -0.204. The fourth-order valence-electron chi connectivity index (χ4n) is 3.21. The van der Waals surface area contributed by atoms with Gasteiger partial charge in [0.15, 0.2) is 0 Å². The summed E-state index contributed by atoms with van der Waals surface area (Å²) in [7, 11) is 0. The van der Waals surface area contributed by atoms with Gasteiger partial charge in [0.05, 0.1) is 12.2 Å². The van der Waals surface area contributed by atoms with E-state index in [-0.39, 0.29) is 12.2 Å². The maximum Gasteiger partial charge on any atom is 0.0836 e. The Balaban J connectivity index is 1.65. The van der Waals surface area contributed by atoms with E-state index < -0.39 is 0 Å². The number of aliphatic hydroxyl groups excluding tert-OH is 1. The monoisotopic (exact) mass is 240 g/mol. The largest absolute Gasteiger partial charge is 0.390 e. The highest BCUT2D eigenvalue weighted by molar-refractivity contribution is 4.80. The minimum absolute atomic E-state index is 0.125. The molecule has 0 aromatic carbocycles. The van der Waals surface area contributed by atoms with Gasteiger partial charge in [-0.2, -0.15) is 0 Å². The Labute approximate surface area is 106 Å². The van der Waals surface area contributed by atoms with Gasteiger partial charge in [-0.25, -0.2) is 0 Å². The molecule has 2 aliphatic rings. The van der Waals surface area contributed by atoms with E-state index in [0.717, 1.165) is 31.3 Å². The van der Waals surface area contributed by atoms with Crippen molar-refractivity contribution in [3.63, 3.8) is 0 Å². The Morgan fingerprint density at radius 3 is 2.53 bits per heavy atom. The molecule has 0 heterocycles. The molecule has 17 heavy (non-hydrogen) atoms. The van der Waals surface area contributed by atoms with Crippen LogP contribution in [0.2, 0.25) is 0 Å². The molecule has 2 aliphatic carbocycles. The summed E-state index contributed by atoms with van der Waals surface area (Å²) in [6.45, 7) is 3.11. The van der Waals surface area contributed by atoms with Crippen LogP contribution in [-0.2, 0) is 4.74 Å². The minimum Gasteiger partial charge on any atom is -0.390 e. The smallest absolute Gasteiger partial charge is 0.0836 e. The van der Waals surface area contributed by atoms with E-state index in [0.29, 0.717) is 0 Å². The molecule has 0 amide bonds. The summed E-state index contributed by atoms with van der Waals surface area (Å²) in [5.74, 6) is 1.71. The molecule has 0 aliphatic heterocycles. The zero-order chi connectivity index (χ0) is 12.1. The number of hydrogen-bond donors (Lipinski definition) is 1. The van der Waals surface area contributed by atoms with Crippen LogP contribution in [-0.4, -0.2) is 23.9 Å². The van der Waals surface area contributed by atoms with Crippen LogP contribution in [0.5, 0.6) is 0 Å². The first kappa shape index (κ1) is 13.4. The molecule has 3 atom stereocenters. The summed E-state index contributed by atoms with van der Waals surface area (Å²) < 4.78 is 5.93. The van der Waals surface area contributed by atoms with Gasteiger partial charge in [0.25, 0.3) is 0 Å². The van der Waals surface area contributed by atoms with E-state index in [1.54, 1.807) is 0 Å². The SMILES string of the molecule is CCCC1CCC(O)C(OCCC2CCC2)C1.